The van der Waals surface area contributed by atoms with Crippen molar-refractivity contribution in [3.8, 4) is 0 Å². The maximum absolute atomic E-state index is 4.50. The van der Waals surface area contributed by atoms with Gasteiger partial charge in [0.05, 0.1) is 12.2 Å². The van der Waals surface area contributed by atoms with Gasteiger partial charge in [0.2, 0.25) is 0 Å². The van der Waals surface area contributed by atoms with Crippen LogP contribution in [0.15, 0.2) is 6.20 Å². The number of rotatable bonds is 4. The van der Waals surface area contributed by atoms with Crippen LogP contribution in [-0.4, -0.2) is 15.6 Å². The van der Waals surface area contributed by atoms with Gasteiger partial charge in [-0.1, -0.05) is 13.8 Å². The van der Waals surface area contributed by atoms with Crippen molar-refractivity contribution in [3.05, 3.63) is 17.7 Å². The number of hydrogen-bond acceptors (Lipinski definition) is 2. The molecule has 0 radical (unpaired) electrons. The van der Waals surface area contributed by atoms with E-state index >= 15 is 0 Å². The molecule has 1 aromatic rings. The summed E-state index contributed by atoms with van der Waals surface area (Å²) < 4.78 is 2.23. The van der Waals surface area contributed by atoms with Crippen molar-refractivity contribution < 1.29 is 0 Å². The predicted octanol–water partition coefficient (Wildman–Crippen LogP) is 2.27. The Morgan fingerprint density at radius 3 is 2.50 bits per heavy atom. The lowest BCUT2D eigenvalue weighted by Gasteiger charge is -2.13. The van der Waals surface area contributed by atoms with E-state index in [1.54, 1.807) is 0 Å². The molecule has 0 aliphatic carbocycles. The molecule has 3 heteroatoms. The molecule has 0 spiro atoms. The molecule has 1 N–H and O–H groups in total. The minimum atomic E-state index is 0.486. The Bertz CT molecular complexity index is 287. The Labute approximate surface area is 86.5 Å². The van der Waals surface area contributed by atoms with Gasteiger partial charge in [-0.15, -0.1) is 0 Å². The lowest BCUT2D eigenvalue weighted by Crippen LogP contribution is -2.24. The van der Waals surface area contributed by atoms with E-state index in [0.717, 1.165) is 18.1 Å². The van der Waals surface area contributed by atoms with E-state index in [2.05, 4.69) is 48.8 Å². The van der Waals surface area contributed by atoms with Gasteiger partial charge >= 0.3 is 0 Å². The molecule has 0 aliphatic rings. The van der Waals surface area contributed by atoms with Crippen molar-refractivity contribution in [2.75, 3.05) is 0 Å². The normalized spacial score (nSPS) is 11.6. The van der Waals surface area contributed by atoms with Gasteiger partial charge < -0.3 is 9.88 Å². The van der Waals surface area contributed by atoms with Gasteiger partial charge in [0, 0.05) is 18.3 Å². The number of aryl methyl sites for hydroxylation is 1. The van der Waals surface area contributed by atoms with Crippen LogP contribution in [0.4, 0.5) is 0 Å². The number of imidazole rings is 1. The van der Waals surface area contributed by atoms with E-state index in [1.165, 1.54) is 0 Å². The fourth-order valence-electron chi connectivity index (χ4n) is 1.44. The molecule has 0 aromatic carbocycles. The summed E-state index contributed by atoms with van der Waals surface area (Å²) in [6.07, 6.45) is 2.11. The Balaban J connectivity index is 2.74. The fourth-order valence-corrected chi connectivity index (χ4v) is 1.44. The Morgan fingerprint density at radius 1 is 1.36 bits per heavy atom. The minimum Gasteiger partial charge on any atom is -0.331 e. The summed E-state index contributed by atoms with van der Waals surface area (Å²) in [6, 6.07) is 0.993. The molecule has 0 saturated heterocycles. The van der Waals surface area contributed by atoms with E-state index < -0.39 is 0 Å². The summed E-state index contributed by atoms with van der Waals surface area (Å²) in [7, 11) is 0. The largest absolute Gasteiger partial charge is 0.331 e. The Kier molecular flexibility index (Phi) is 3.69. The molecular weight excluding hydrogens is 174 g/mol. The molecule has 0 fully saturated rings. The van der Waals surface area contributed by atoms with Crippen LogP contribution in [0.25, 0.3) is 0 Å². The van der Waals surface area contributed by atoms with Gasteiger partial charge in [-0.3, -0.25) is 0 Å². The fraction of sp³-hybridized carbons (Fsp3) is 0.727. The maximum Gasteiger partial charge on any atom is 0.123 e. The van der Waals surface area contributed by atoms with E-state index in [-0.39, 0.29) is 0 Å². The molecule has 0 aliphatic heterocycles. The number of nitrogens with zero attached hydrogens (tertiary/aromatic N) is 2. The molecule has 80 valence electrons. The average molecular weight is 195 g/mol. The second-order valence-electron chi connectivity index (χ2n) is 4.34. The predicted molar refractivity (Wildman–Crippen MR) is 59.3 cm³/mol. The van der Waals surface area contributed by atoms with Crippen molar-refractivity contribution in [1.82, 2.24) is 14.9 Å². The Morgan fingerprint density at radius 2 is 2.00 bits per heavy atom. The third-order valence-electron chi connectivity index (χ3n) is 2.15. The Hall–Kier alpha value is -0.830. The summed E-state index contributed by atoms with van der Waals surface area (Å²) in [4.78, 5) is 4.50. The third kappa shape index (κ3) is 2.84. The highest BCUT2D eigenvalue weighted by Crippen LogP contribution is 2.10. The van der Waals surface area contributed by atoms with Crippen molar-refractivity contribution >= 4 is 0 Å². The van der Waals surface area contributed by atoms with Crippen molar-refractivity contribution in [3.63, 3.8) is 0 Å². The molecule has 1 heterocycles. The minimum absolute atomic E-state index is 0.486. The number of aromatic nitrogens is 2. The van der Waals surface area contributed by atoms with E-state index in [1.807, 2.05) is 6.92 Å². The lowest BCUT2D eigenvalue weighted by molar-refractivity contribution is 0.515. The lowest BCUT2D eigenvalue weighted by atomic mass is 10.3. The van der Waals surface area contributed by atoms with Crippen molar-refractivity contribution in [2.45, 2.75) is 53.2 Å². The van der Waals surface area contributed by atoms with Crippen LogP contribution in [0, 0.1) is 6.92 Å². The highest BCUT2D eigenvalue weighted by Gasteiger charge is 2.08. The zero-order chi connectivity index (χ0) is 10.7. The summed E-state index contributed by atoms with van der Waals surface area (Å²) in [5, 5.41) is 3.39. The second kappa shape index (κ2) is 4.60. The quantitative estimate of drug-likeness (QED) is 0.798. The van der Waals surface area contributed by atoms with Gasteiger partial charge in [-0.05, 0) is 20.8 Å². The summed E-state index contributed by atoms with van der Waals surface area (Å²) in [5.41, 5.74) is 1.10. The maximum atomic E-state index is 4.50. The highest BCUT2D eigenvalue weighted by molar-refractivity contribution is 5.03. The topological polar surface area (TPSA) is 29.9 Å². The molecular formula is C11H21N3. The first kappa shape index (κ1) is 11.2. The zero-order valence-electron chi connectivity index (χ0n) is 9.83. The SMILES string of the molecule is Cc1cn(C(C)C)c(CNC(C)C)n1. The van der Waals surface area contributed by atoms with Crippen molar-refractivity contribution in [2.24, 2.45) is 0 Å². The van der Waals surface area contributed by atoms with Gasteiger partial charge in [0.15, 0.2) is 0 Å². The highest BCUT2D eigenvalue weighted by atomic mass is 15.1. The average Bonchev–Trinajstić information content (AvgIpc) is 2.43. The molecule has 0 bridgehead atoms. The van der Waals surface area contributed by atoms with Crippen LogP contribution in [-0.2, 0) is 6.54 Å². The molecule has 1 rings (SSSR count). The smallest absolute Gasteiger partial charge is 0.123 e. The first-order chi connectivity index (χ1) is 6.50. The second-order valence-corrected chi connectivity index (χ2v) is 4.34. The number of nitrogens with one attached hydrogen (secondary N) is 1. The first-order valence-electron chi connectivity index (χ1n) is 5.28. The standard InChI is InChI=1S/C11H21N3/c1-8(2)12-6-11-13-10(5)7-14(11)9(3)4/h7-9,12H,6H2,1-5H3. The summed E-state index contributed by atoms with van der Waals surface area (Å²) in [5.74, 6) is 1.13. The van der Waals surface area contributed by atoms with Crippen LogP contribution in [0.5, 0.6) is 0 Å². The monoisotopic (exact) mass is 195 g/mol. The molecule has 1 aromatic heterocycles. The summed E-state index contributed by atoms with van der Waals surface area (Å²) >= 11 is 0. The van der Waals surface area contributed by atoms with Crippen LogP contribution < -0.4 is 5.32 Å². The molecule has 14 heavy (non-hydrogen) atoms. The van der Waals surface area contributed by atoms with E-state index in [0.29, 0.717) is 12.1 Å². The van der Waals surface area contributed by atoms with Crippen LogP contribution in [0.1, 0.15) is 45.3 Å². The van der Waals surface area contributed by atoms with Gasteiger partial charge in [0.1, 0.15) is 5.82 Å². The van der Waals surface area contributed by atoms with Crippen molar-refractivity contribution in [1.29, 1.82) is 0 Å². The van der Waals surface area contributed by atoms with Crippen LogP contribution >= 0.6 is 0 Å². The molecule has 0 atom stereocenters. The van der Waals surface area contributed by atoms with Crippen LogP contribution in [0.2, 0.25) is 0 Å². The van der Waals surface area contributed by atoms with Gasteiger partial charge in [0.25, 0.3) is 0 Å². The van der Waals surface area contributed by atoms with E-state index in [9.17, 15) is 0 Å². The summed E-state index contributed by atoms with van der Waals surface area (Å²) in [6.45, 7) is 11.5. The van der Waals surface area contributed by atoms with Gasteiger partial charge in [-0.25, -0.2) is 4.98 Å². The van der Waals surface area contributed by atoms with Crippen LogP contribution in [0.3, 0.4) is 0 Å². The number of hydrogen-bond donors (Lipinski definition) is 1. The third-order valence-corrected chi connectivity index (χ3v) is 2.15. The van der Waals surface area contributed by atoms with E-state index in [4.69, 9.17) is 0 Å². The molecule has 0 saturated carbocycles. The van der Waals surface area contributed by atoms with Gasteiger partial charge in [-0.2, -0.15) is 0 Å². The molecule has 3 nitrogen and oxygen atoms in total. The zero-order valence-corrected chi connectivity index (χ0v) is 9.83. The first-order valence-corrected chi connectivity index (χ1v) is 5.28. The molecule has 0 amide bonds. The molecule has 0 unspecified atom stereocenters.